The van der Waals surface area contributed by atoms with E-state index in [9.17, 15) is 19.5 Å². The first-order chi connectivity index (χ1) is 16.8. The van der Waals surface area contributed by atoms with Gasteiger partial charge in [-0.3, -0.25) is 4.79 Å². The molecule has 0 radical (unpaired) electrons. The average Bonchev–Trinajstić information content (AvgIpc) is 3.43. The number of nitrogens with one attached hydrogen (secondary N) is 2. The summed E-state index contributed by atoms with van der Waals surface area (Å²) in [6.07, 6.45) is 0.842. The average molecular weight is 475 g/mol. The normalized spacial score (nSPS) is 16.7. The van der Waals surface area contributed by atoms with Gasteiger partial charge in [0.05, 0.1) is 24.3 Å². The highest BCUT2D eigenvalue weighted by Crippen LogP contribution is 2.44. The molecule has 1 unspecified atom stereocenters. The molecule has 1 aliphatic heterocycles. The van der Waals surface area contributed by atoms with Gasteiger partial charge in [0.1, 0.15) is 18.2 Å². The zero-order valence-electron chi connectivity index (χ0n) is 19.4. The maximum atomic E-state index is 13.3. The molecule has 2 aliphatic rings. The maximum absolute atomic E-state index is 13.3. The molecule has 0 saturated heterocycles. The summed E-state index contributed by atoms with van der Waals surface area (Å²) in [5.41, 5.74) is 4.35. The number of rotatable bonds is 5. The number of benzene rings is 2. The predicted octanol–water partition coefficient (Wildman–Crippen LogP) is 3.06. The van der Waals surface area contributed by atoms with Gasteiger partial charge in [0.2, 0.25) is 5.91 Å². The Morgan fingerprint density at radius 2 is 1.74 bits per heavy atom. The highest BCUT2D eigenvalue weighted by Gasteiger charge is 2.42. The van der Waals surface area contributed by atoms with Crippen LogP contribution in [0.15, 0.2) is 54.9 Å². The lowest BCUT2D eigenvalue weighted by molar-refractivity contribution is -0.154. The highest BCUT2D eigenvalue weighted by molar-refractivity contribution is 5.92. The molecule has 180 valence electrons. The molecule has 2 aromatic carbocycles. The van der Waals surface area contributed by atoms with Crippen LogP contribution < -0.4 is 5.32 Å². The number of carbonyl (C=O) groups is 3. The number of alkyl carbamates (subject to hydrolysis) is 1. The largest absolute Gasteiger partial charge is 0.480 e. The standard InChI is InChI=1S/C26H26N4O5/c1-26(2,24(33)30-12-21-20(27-14-28-21)11-22(30)23(31)32)29-25(34)35-13-19-17-9-5-3-7-15(17)16-8-4-6-10-18(16)19/h3-10,14,19,22H,11-13H2,1-2H3,(H,27,28)(H,29,34)(H,31,32). The number of carboxylic acid groups (broad SMARTS) is 1. The Kier molecular flexibility index (Phi) is 5.55. The lowest BCUT2D eigenvalue weighted by Crippen LogP contribution is -2.60. The van der Waals surface area contributed by atoms with Crippen molar-refractivity contribution in [3.63, 3.8) is 0 Å². The number of aliphatic carboxylic acids is 1. The Morgan fingerprint density at radius 1 is 1.11 bits per heavy atom. The fraction of sp³-hybridized carbons (Fsp3) is 0.308. The van der Waals surface area contributed by atoms with Gasteiger partial charge in [0.25, 0.3) is 0 Å². The predicted molar refractivity (Wildman–Crippen MR) is 127 cm³/mol. The Bertz CT molecular complexity index is 1270. The fourth-order valence-electron chi connectivity index (χ4n) is 4.97. The molecule has 2 heterocycles. The summed E-state index contributed by atoms with van der Waals surface area (Å²) in [4.78, 5) is 46.3. The Morgan fingerprint density at radius 3 is 2.37 bits per heavy atom. The summed E-state index contributed by atoms with van der Waals surface area (Å²) in [6, 6.07) is 15.0. The van der Waals surface area contributed by atoms with Gasteiger partial charge in [-0.1, -0.05) is 48.5 Å². The Hall–Kier alpha value is -4.14. The fourth-order valence-corrected chi connectivity index (χ4v) is 4.97. The third-order valence-electron chi connectivity index (χ3n) is 6.74. The minimum atomic E-state index is -1.38. The number of H-pyrrole nitrogens is 1. The molecular formula is C26H26N4O5. The highest BCUT2D eigenvalue weighted by atomic mass is 16.5. The second-order valence-electron chi connectivity index (χ2n) is 9.39. The van der Waals surface area contributed by atoms with E-state index in [1.807, 2.05) is 36.4 Å². The molecule has 1 aromatic heterocycles. The van der Waals surface area contributed by atoms with Gasteiger partial charge in [-0.25, -0.2) is 14.6 Å². The van der Waals surface area contributed by atoms with Crippen molar-refractivity contribution in [2.75, 3.05) is 6.61 Å². The molecule has 3 aromatic rings. The molecule has 0 saturated carbocycles. The second-order valence-corrected chi connectivity index (χ2v) is 9.39. The summed E-state index contributed by atoms with van der Waals surface area (Å²) < 4.78 is 5.58. The molecule has 0 spiro atoms. The van der Waals surface area contributed by atoms with Crippen molar-refractivity contribution < 1.29 is 24.2 Å². The number of imidazole rings is 1. The van der Waals surface area contributed by atoms with Gasteiger partial charge in [0.15, 0.2) is 0 Å². The maximum Gasteiger partial charge on any atom is 0.408 e. The first-order valence-corrected chi connectivity index (χ1v) is 11.4. The van der Waals surface area contributed by atoms with E-state index in [1.54, 1.807) is 0 Å². The Labute approximate surface area is 202 Å². The number of carboxylic acids is 1. The number of nitrogens with zero attached hydrogens (tertiary/aromatic N) is 2. The molecule has 2 amide bonds. The van der Waals surface area contributed by atoms with Gasteiger partial charge in [-0.15, -0.1) is 0 Å². The van der Waals surface area contributed by atoms with Crippen molar-refractivity contribution in [3.8, 4) is 11.1 Å². The first kappa shape index (κ1) is 22.6. The molecule has 35 heavy (non-hydrogen) atoms. The van der Waals surface area contributed by atoms with Gasteiger partial charge in [0, 0.05) is 12.3 Å². The van der Waals surface area contributed by atoms with E-state index in [2.05, 4.69) is 27.4 Å². The summed E-state index contributed by atoms with van der Waals surface area (Å²) in [5.74, 6) is -1.74. The zero-order chi connectivity index (χ0) is 24.7. The number of amides is 2. The summed E-state index contributed by atoms with van der Waals surface area (Å²) in [5, 5.41) is 12.3. The molecule has 9 heteroatoms. The summed E-state index contributed by atoms with van der Waals surface area (Å²) >= 11 is 0. The van der Waals surface area contributed by atoms with Crippen LogP contribution in [0.5, 0.6) is 0 Å². The van der Waals surface area contributed by atoms with E-state index >= 15 is 0 Å². The number of fused-ring (bicyclic) bond motifs is 4. The minimum absolute atomic E-state index is 0.0704. The van der Waals surface area contributed by atoms with Crippen molar-refractivity contribution >= 4 is 18.0 Å². The second kappa shape index (κ2) is 8.57. The van der Waals surface area contributed by atoms with Crippen molar-refractivity contribution in [1.82, 2.24) is 20.2 Å². The van der Waals surface area contributed by atoms with Crippen molar-refractivity contribution in [2.45, 2.75) is 44.3 Å². The van der Waals surface area contributed by atoms with Crippen molar-refractivity contribution in [2.24, 2.45) is 0 Å². The van der Waals surface area contributed by atoms with Crippen LogP contribution in [0.4, 0.5) is 4.79 Å². The Balaban J connectivity index is 1.28. The third-order valence-corrected chi connectivity index (χ3v) is 6.74. The number of aromatic nitrogens is 2. The lowest BCUT2D eigenvalue weighted by Gasteiger charge is -2.37. The van der Waals surface area contributed by atoms with Gasteiger partial charge < -0.3 is 25.0 Å². The van der Waals surface area contributed by atoms with Crippen molar-refractivity contribution in [1.29, 1.82) is 0 Å². The number of ether oxygens (including phenoxy) is 1. The molecule has 9 nitrogen and oxygen atoms in total. The minimum Gasteiger partial charge on any atom is -0.480 e. The van der Waals surface area contributed by atoms with E-state index < -0.39 is 29.6 Å². The monoisotopic (exact) mass is 474 g/mol. The molecule has 1 aliphatic carbocycles. The van der Waals surface area contributed by atoms with Crippen LogP contribution in [-0.4, -0.2) is 56.1 Å². The topological polar surface area (TPSA) is 125 Å². The SMILES string of the molecule is CC(C)(NC(=O)OCC1c2ccccc2-c2ccccc21)C(=O)N1Cc2[nH]cnc2CC1C(=O)O. The third kappa shape index (κ3) is 4.03. The van der Waals surface area contributed by atoms with E-state index in [4.69, 9.17) is 4.74 Å². The van der Waals surface area contributed by atoms with E-state index in [-0.39, 0.29) is 25.5 Å². The number of hydrogen-bond donors (Lipinski definition) is 3. The summed E-state index contributed by atoms with van der Waals surface area (Å²) in [7, 11) is 0. The van der Waals surface area contributed by atoms with Crippen LogP contribution in [0.25, 0.3) is 11.1 Å². The molecule has 0 bridgehead atoms. The zero-order valence-corrected chi connectivity index (χ0v) is 19.4. The van der Waals surface area contributed by atoms with Crippen LogP contribution in [0.3, 0.4) is 0 Å². The smallest absolute Gasteiger partial charge is 0.408 e. The van der Waals surface area contributed by atoms with Crippen LogP contribution in [0, 0.1) is 0 Å². The van der Waals surface area contributed by atoms with E-state index in [0.29, 0.717) is 11.4 Å². The number of carbonyl (C=O) groups excluding carboxylic acids is 2. The van der Waals surface area contributed by atoms with Crippen LogP contribution in [0.1, 0.15) is 42.3 Å². The van der Waals surface area contributed by atoms with Crippen LogP contribution in [-0.2, 0) is 27.3 Å². The molecule has 3 N–H and O–H groups in total. The van der Waals surface area contributed by atoms with E-state index in [0.717, 1.165) is 22.3 Å². The molecule has 1 atom stereocenters. The quantitative estimate of drug-likeness (QED) is 0.522. The lowest BCUT2D eigenvalue weighted by atomic mass is 9.97. The molecular weight excluding hydrogens is 448 g/mol. The molecule has 5 rings (SSSR count). The van der Waals surface area contributed by atoms with Gasteiger partial charge in [-0.05, 0) is 36.1 Å². The first-order valence-electron chi connectivity index (χ1n) is 11.4. The number of hydrogen-bond acceptors (Lipinski definition) is 5. The number of aromatic amines is 1. The van der Waals surface area contributed by atoms with Gasteiger partial charge >= 0.3 is 12.1 Å². The van der Waals surface area contributed by atoms with Crippen molar-refractivity contribution in [3.05, 3.63) is 77.4 Å². The van der Waals surface area contributed by atoms with Gasteiger partial charge in [-0.2, -0.15) is 0 Å². The van der Waals surface area contributed by atoms with Crippen LogP contribution >= 0.6 is 0 Å². The van der Waals surface area contributed by atoms with Crippen LogP contribution in [0.2, 0.25) is 0 Å². The summed E-state index contributed by atoms with van der Waals surface area (Å²) in [6.45, 7) is 3.26. The molecule has 0 fully saturated rings. The van der Waals surface area contributed by atoms with E-state index in [1.165, 1.54) is 25.1 Å².